The van der Waals surface area contributed by atoms with Gasteiger partial charge in [-0.05, 0) is 142 Å². The molecule has 0 fully saturated rings. The van der Waals surface area contributed by atoms with E-state index in [-0.39, 0.29) is 5.41 Å². The molecule has 8 aromatic rings. The molecule has 0 atom stereocenters. The van der Waals surface area contributed by atoms with Crippen LogP contribution in [0.1, 0.15) is 83.3 Å². The van der Waals surface area contributed by atoms with Gasteiger partial charge < -0.3 is 14.4 Å². The molecule has 316 valence electrons. The van der Waals surface area contributed by atoms with Crippen LogP contribution in [0.4, 0.5) is 22.7 Å². The standard InChI is InChI=1S/C63H49N3/c1-63(2)55-39-43(26-34-51(55)52-35-32-50(41-56(52)63)66-59-22-12-8-16-46(59)30-31-47-17-9-13-23-60(47)66)25-24-42-27-36-61-53(38-42)54-40-49(33-37-62(54)64(61)48-18-4-3-5-19-48)65-57-20-10-6-14-44(57)28-29-45-15-7-11-21-58(45)65/h3-12,14-22,24-32,34-36,38-41H,13,23,33,37H2,1-2H3/b25-24+. The van der Waals surface area contributed by atoms with Gasteiger partial charge in [0.2, 0.25) is 0 Å². The lowest BCUT2D eigenvalue weighted by molar-refractivity contribution is 0.660. The summed E-state index contributed by atoms with van der Waals surface area (Å²) >= 11 is 0. The van der Waals surface area contributed by atoms with Crippen molar-refractivity contribution in [1.29, 1.82) is 0 Å². The zero-order valence-corrected chi connectivity index (χ0v) is 37.4. The van der Waals surface area contributed by atoms with Crippen LogP contribution in [-0.4, -0.2) is 4.57 Å². The second-order valence-electron chi connectivity index (χ2n) is 18.8. The van der Waals surface area contributed by atoms with E-state index in [0.717, 1.165) is 25.7 Å². The molecule has 0 saturated carbocycles. The van der Waals surface area contributed by atoms with Gasteiger partial charge in [0.15, 0.2) is 0 Å². The van der Waals surface area contributed by atoms with Gasteiger partial charge in [-0.15, -0.1) is 0 Å². The fourth-order valence-corrected chi connectivity index (χ4v) is 11.4. The average molecular weight is 848 g/mol. The number of fused-ring (bicyclic) bond motifs is 9. The number of hydrogen-bond donors (Lipinski definition) is 0. The Kier molecular flexibility index (Phi) is 8.83. The van der Waals surface area contributed by atoms with E-state index in [4.69, 9.17) is 0 Å². The van der Waals surface area contributed by atoms with Crippen molar-refractivity contribution in [3.63, 3.8) is 0 Å². The van der Waals surface area contributed by atoms with E-state index >= 15 is 0 Å². The maximum Gasteiger partial charge on any atom is 0.0538 e. The second kappa shape index (κ2) is 15.1. The zero-order chi connectivity index (χ0) is 43.9. The molecule has 3 aliphatic carbocycles. The van der Waals surface area contributed by atoms with E-state index in [1.165, 1.54) is 118 Å². The third-order valence-corrected chi connectivity index (χ3v) is 14.6. The summed E-state index contributed by atoms with van der Waals surface area (Å²) in [6.45, 7) is 4.80. The van der Waals surface area contributed by atoms with Gasteiger partial charge in [-0.3, -0.25) is 0 Å². The van der Waals surface area contributed by atoms with Crippen molar-refractivity contribution in [3.8, 4) is 16.8 Å². The molecule has 0 amide bonds. The first kappa shape index (κ1) is 38.6. The maximum absolute atomic E-state index is 2.52. The van der Waals surface area contributed by atoms with Crippen LogP contribution in [0.2, 0.25) is 0 Å². The van der Waals surface area contributed by atoms with Gasteiger partial charge in [-0.1, -0.05) is 166 Å². The second-order valence-corrected chi connectivity index (χ2v) is 18.8. The summed E-state index contributed by atoms with van der Waals surface area (Å²) < 4.78 is 2.49. The number of nitrogens with zero attached hydrogens (tertiary/aromatic N) is 3. The summed E-state index contributed by atoms with van der Waals surface area (Å²) in [6.07, 6.45) is 24.7. The maximum atomic E-state index is 2.52. The SMILES string of the molecule is CC1(C)c2cc(/C=C/c3ccc4c(c3)c3c(n4-c4ccccc4)CCC(N4c5ccccc5C=Cc5ccccc54)=C3)ccc2-c2ccc(N3C4=C(C=CCC4)C=Cc4ccccc43)cc21. The van der Waals surface area contributed by atoms with E-state index < -0.39 is 0 Å². The molecule has 2 aliphatic heterocycles. The molecule has 3 nitrogen and oxygen atoms in total. The van der Waals surface area contributed by atoms with Crippen LogP contribution in [0.25, 0.3) is 64.2 Å². The number of para-hydroxylation sites is 4. The topological polar surface area (TPSA) is 11.4 Å². The minimum Gasteiger partial charge on any atom is -0.313 e. The minimum absolute atomic E-state index is 0.162. The molecule has 0 spiro atoms. The summed E-state index contributed by atoms with van der Waals surface area (Å²) in [7, 11) is 0. The van der Waals surface area contributed by atoms with Crippen LogP contribution in [0.15, 0.2) is 193 Å². The Morgan fingerprint density at radius 2 is 1.11 bits per heavy atom. The van der Waals surface area contributed by atoms with E-state index in [1.54, 1.807) is 0 Å². The molecule has 0 N–H and O–H groups in total. The number of hydrogen-bond acceptors (Lipinski definition) is 2. The number of benzene rings is 7. The average Bonchev–Trinajstić information content (AvgIpc) is 3.62. The molecule has 7 aromatic carbocycles. The number of aromatic nitrogens is 1. The lowest BCUT2D eigenvalue weighted by atomic mass is 9.81. The fraction of sp³-hybridized carbons (Fsp3) is 0.111. The molecule has 66 heavy (non-hydrogen) atoms. The zero-order valence-electron chi connectivity index (χ0n) is 37.4. The van der Waals surface area contributed by atoms with E-state index in [2.05, 4.69) is 241 Å². The molecule has 0 radical (unpaired) electrons. The molecular weight excluding hydrogens is 799 g/mol. The highest BCUT2D eigenvalue weighted by Crippen LogP contribution is 2.52. The largest absolute Gasteiger partial charge is 0.313 e. The summed E-state index contributed by atoms with van der Waals surface area (Å²) in [5.41, 5.74) is 25.4. The Bertz CT molecular complexity index is 3460. The van der Waals surface area contributed by atoms with E-state index in [1.807, 2.05) is 0 Å². The first-order valence-corrected chi connectivity index (χ1v) is 23.5. The van der Waals surface area contributed by atoms with Crippen molar-refractivity contribution < 1.29 is 0 Å². The molecule has 0 bridgehead atoms. The quantitative estimate of drug-likeness (QED) is 0.160. The molecule has 0 saturated heterocycles. The highest BCUT2D eigenvalue weighted by atomic mass is 15.2. The Hall–Kier alpha value is -7.88. The van der Waals surface area contributed by atoms with Crippen molar-refractivity contribution in [2.24, 2.45) is 0 Å². The van der Waals surface area contributed by atoms with E-state index in [9.17, 15) is 0 Å². The molecular formula is C63H49N3. The van der Waals surface area contributed by atoms with Crippen LogP contribution in [0, 0.1) is 0 Å². The summed E-state index contributed by atoms with van der Waals surface area (Å²) in [4.78, 5) is 5.02. The molecule has 3 heterocycles. The highest BCUT2D eigenvalue weighted by molar-refractivity contribution is 5.98. The third-order valence-electron chi connectivity index (χ3n) is 14.6. The Morgan fingerprint density at radius 1 is 0.500 bits per heavy atom. The third kappa shape index (κ3) is 6.10. The van der Waals surface area contributed by atoms with Gasteiger partial charge in [0.05, 0.1) is 22.6 Å². The monoisotopic (exact) mass is 847 g/mol. The number of allylic oxidation sites excluding steroid dienone is 6. The van der Waals surface area contributed by atoms with Crippen molar-refractivity contribution in [2.45, 2.75) is 44.9 Å². The lowest BCUT2D eigenvalue weighted by Gasteiger charge is -2.32. The molecule has 1 aromatic heterocycles. The molecule has 3 heteroatoms. The summed E-state index contributed by atoms with van der Waals surface area (Å²) in [5, 5.41) is 1.28. The Labute approximate surface area is 387 Å². The first-order valence-electron chi connectivity index (χ1n) is 23.5. The van der Waals surface area contributed by atoms with Gasteiger partial charge in [-0.25, -0.2) is 0 Å². The summed E-state index contributed by atoms with van der Waals surface area (Å²) in [6, 6.07) is 58.5. The van der Waals surface area contributed by atoms with Gasteiger partial charge in [-0.2, -0.15) is 0 Å². The predicted octanol–water partition coefficient (Wildman–Crippen LogP) is 16.5. The predicted molar refractivity (Wildman–Crippen MR) is 279 cm³/mol. The first-order chi connectivity index (χ1) is 32.5. The number of rotatable bonds is 5. The Morgan fingerprint density at radius 3 is 1.83 bits per heavy atom. The van der Waals surface area contributed by atoms with Gasteiger partial charge in [0.1, 0.15) is 0 Å². The Balaban J connectivity index is 0.868. The van der Waals surface area contributed by atoms with Gasteiger partial charge in [0.25, 0.3) is 0 Å². The van der Waals surface area contributed by atoms with Crippen molar-refractivity contribution in [2.75, 3.05) is 9.80 Å². The highest BCUT2D eigenvalue weighted by Gasteiger charge is 2.37. The number of anilines is 4. The van der Waals surface area contributed by atoms with Crippen LogP contribution >= 0.6 is 0 Å². The normalized spacial score (nSPS) is 16.2. The van der Waals surface area contributed by atoms with Gasteiger partial charge >= 0.3 is 0 Å². The molecule has 0 unspecified atom stereocenters. The minimum atomic E-state index is -0.162. The van der Waals surface area contributed by atoms with Crippen LogP contribution in [0.3, 0.4) is 0 Å². The van der Waals surface area contributed by atoms with Crippen LogP contribution in [-0.2, 0) is 11.8 Å². The van der Waals surface area contributed by atoms with Crippen molar-refractivity contribution in [1.82, 2.24) is 4.57 Å². The van der Waals surface area contributed by atoms with Crippen LogP contribution < -0.4 is 9.80 Å². The van der Waals surface area contributed by atoms with Crippen molar-refractivity contribution in [3.05, 3.63) is 243 Å². The van der Waals surface area contributed by atoms with Gasteiger partial charge in [0, 0.05) is 44.8 Å². The summed E-state index contributed by atoms with van der Waals surface area (Å²) in [5.74, 6) is 0. The lowest BCUT2D eigenvalue weighted by Crippen LogP contribution is -2.20. The van der Waals surface area contributed by atoms with Crippen molar-refractivity contribution >= 4 is 70.1 Å². The van der Waals surface area contributed by atoms with E-state index in [0.29, 0.717) is 0 Å². The fourth-order valence-electron chi connectivity index (χ4n) is 11.4. The molecule has 5 aliphatic rings. The van der Waals surface area contributed by atoms with Crippen LogP contribution in [0.5, 0.6) is 0 Å². The smallest absolute Gasteiger partial charge is 0.0538 e. The molecule has 13 rings (SSSR count).